The minimum Gasteiger partial charge on any atom is -0.365 e. The molecular formula is C15H18N4. The second-order valence-electron chi connectivity index (χ2n) is 5.13. The number of nitrogens with zero attached hydrogens (tertiary/aromatic N) is 3. The van der Waals surface area contributed by atoms with Crippen LogP contribution in [-0.4, -0.2) is 21.5 Å². The van der Waals surface area contributed by atoms with Crippen LogP contribution in [0, 0.1) is 6.92 Å². The summed E-state index contributed by atoms with van der Waals surface area (Å²) in [6, 6.07) is 10.5. The molecule has 4 nitrogen and oxygen atoms in total. The third kappa shape index (κ3) is 2.14. The van der Waals surface area contributed by atoms with Crippen LogP contribution in [0.4, 0.5) is 11.5 Å². The van der Waals surface area contributed by atoms with Gasteiger partial charge >= 0.3 is 0 Å². The number of benzene rings is 1. The van der Waals surface area contributed by atoms with Crippen molar-refractivity contribution in [2.75, 3.05) is 5.32 Å². The maximum Gasteiger partial charge on any atom is 0.156 e. The van der Waals surface area contributed by atoms with Crippen LogP contribution < -0.4 is 5.32 Å². The number of para-hydroxylation sites is 1. The van der Waals surface area contributed by atoms with E-state index < -0.39 is 0 Å². The van der Waals surface area contributed by atoms with E-state index in [0.29, 0.717) is 6.04 Å². The highest BCUT2D eigenvalue weighted by Crippen LogP contribution is 2.34. The first-order valence-electron chi connectivity index (χ1n) is 6.61. The van der Waals surface area contributed by atoms with Gasteiger partial charge in [-0.25, -0.2) is 4.68 Å². The van der Waals surface area contributed by atoms with E-state index in [1.165, 1.54) is 0 Å². The Morgan fingerprint density at radius 1 is 1.21 bits per heavy atom. The molecule has 98 valence electrons. The van der Waals surface area contributed by atoms with E-state index in [4.69, 9.17) is 4.99 Å². The number of rotatable bonds is 1. The lowest BCUT2D eigenvalue weighted by atomic mass is 10.2. The third-order valence-electron chi connectivity index (χ3n) is 3.32. The van der Waals surface area contributed by atoms with E-state index in [1.807, 2.05) is 29.8 Å². The standard InChI is InChI=1S/C15H18N4/c1-10-9-11(2)17-15-14(16-10)12(3)18-19(15)13-7-5-4-6-8-13/h4-8,11,17H,9H2,1-3H3. The van der Waals surface area contributed by atoms with Crippen molar-refractivity contribution in [3.8, 4) is 5.69 Å². The lowest BCUT2D eigenvalue weighted by molar-refractivity contribution is 0.798. The molecule has 0 aliphatic carbocycles. The first kappa shape index (κ1) is 12.0. The van der Waals surface area contributed by atoms with Gasteiger partial charge < -0.3 is 5.32 Å². The Hall–Kier alpha value is -2.10. The minimum absolute atomic E-state index is 0.364. The van der Waals surface area contributed by atoms with Crippen LogP contribution in [0.25, 0.3) is 5.69 Å². The Morgan fingerprint density at radius 3 is 2.68 bits per heavy atom. The highest BCUT2D eigenvalue weighted by atomic mass is 15.4. The molecule has 2 heterocycles. The van der Waals surface area contributed by atoms with Crippen LogP contribution in [0.15, 0.2) is 35.3 Å². The molecule has 19 heavy (non-hydrogen) atoms. The van der Waals surface area contributed by atoms with E-state index in [0.717, 1.165) is 35.0 Å². The quantitative estimate of drug-likeness (QED) is 0.846. The molecule has 0 saturated heterocycles. The van der Waals surface area contributed by atoms with E-state index in [2.05, 4.69) is 36.4 Å². The molecule has 3 rings (SSSR count). The Morgan fingerprint density at radius 2 is 1.95 bits per heavy atom. The van der Waals surface area contributed by atoms with Crippen LogP contribution in [0.2, 0.25) is 0 Å². The lowest BCUT2D eigenvalue weighted by Crippen LogP contribution is -2.18. The van der Waals surface area contributed by atoms with Gasteiger partial charge in [-0.2, -0.15) is 5.10 Å². The summed E-state index contributed by atoms with van der Waals surface area (Å²) in [4.78, 5) is 4.71. The molecule has 0 fully saturated rings. The fraction of sp³-hybridized carbons (Fsp3) is 0.333. The maximum atomic E-state index is 4.71. The summed E-state index contributed by atoms with van der Waals surface area (Å²) in [7, 11) is 0. The normalized spacial score (nSPS) is 18.3. The Labute approximate surface area is 113 Å². The zero-order valence-electron chi connectivity index (χ0n) is 11.5. The fourth-order valence-electron chi connectivity index (χ4n) is 2.50. The summed E-state index contributed by atoms with van der Waals surface area (Å²) < 4.78 is 1.95. The predicted molar refractivity (Wildman–Crippen MR) is 78.8 cm³/mol. The van der Waals surface area contributed by atoms with Gasteiger partial charge in [0.2, 0.25) is 0 Å². The number of aryl methyl sites for hydroxylation is 1. The van der Waals surface area contributed by atoms with Crippen molar-refractivity contribution in [2.24, 2.45) is 4.99 Å². The van der Waals surface area contributed by atoms with Gasteiger partial charge in [-0.1, -0.05) is 18.2 Å². The summed E-state index contributed by atoms with van der Waals surface area (Å²) in [6.07, 6.45) is 0.961. The van der Waals surface area contributed by atoms with Crippen molar-refractivity contribution >= 4 is 17.2 Å². The number of hydrogen-bond acceptors (Lipinski definition) is 3. The smallest absolute Gasteiger partial charge is 0.156 e. The SMILES string of the molecule is CC1=Nc2c(C)nn(-c3ccccc3)c2NC(C)C1. The topological polar surface area (TPSA) is 42.2 Å². The Balaban J connectivity index is 2.18. The van der Waals surface area contributed by atoms with Gasteiger partial charge in [0.25, 0.3) is 0 Å². The highest BCUT2D eigenvalue weighted by molar-refractivity contribution is 5.89. The number of fused-ring (bicyclic) bond motifs is 1. The van der Waals surface area contributed by atoms with Crippen molar-refractivity contribution in [3.05, 3.63) is 36.0 Å². The van der Waals surface area contributed by atoms with Crippen LogP contribution in [-0.2, 0) is 0 Å². The Kier molecular flexibility index (Phi) is 2.85. The summed E-state index contributed by atoms with van der Waals surface area (Å²) >= 11 is 0. The second kappa shape index (κ2) is 4.53. The zero-order chi connectivity index (χ0) is 13.4. The maximum absolute atomic E-state index is 4.71. The molecule has 0 spiro atoms. The summed E-state index contributed by atoms with van der Waals surface area (Å²) in [5, 5.41) is 8.15. The predicted octanol–water partition coefficient (Wildman–Crippen LogP) is 3.48. The molecule has 1 aromatic carbocycles. The van der Waals surface area contributed by atoms with Crippen molar-refractivity contribution in [2.45, 2.75) is 33.2 Å². The molecule has 1 aromatic heterocycles. The molecule has 1 aliphatic rings. The van der Waals surface area contributed by atoms with Gasteiger partial charge in [-0.05, 0) is 32.9 Å². The number of aromatic nitrogens is 2. The minimum atomic E-state index is 0.364. The van der Waals surface area contributed by atoms with Crippen molar-refractivity contribution in [1.29, 1.82) is 0 Å². The van der Waals surface area contributed by atoms with Crippen molar-refractivity contribution in [3.63, 3.8) is 0 Å². The molecular weight excluding hydrogens is 236 g/mol. The summed E-state index contributed by atoms with van der Waals surface area (Å²) in [6.45, 7) is 6.26. The van der Waals surface area contributed by atoms with E-state index in [1.54, 1.807) is 0 Å². The monoisotopic (exact) mass is 254 g/mol. The van der Waals surface area contributed by atoms with E-state index in [-0.39, 0.29) is 0 Å². The van der Waals surface area contributed by atoms with E-state index in [9.17, 15) is 0 Å². The summed E-state index contributed by atoms with van der Waals surface area (Å²) in [5.74, 6) is 0.994. The fourth-order valence-corrected chi connectivity index (χ4v) is 2.50. The van der Waals surface area contributed by atoms with Crippen LogP contribution >= 0.6 is 0 Å². The molecule has 2 aromatic rings. The zero-order valence-corrected chi connectivity index (χ0v) is 11.5. The van der Waals surface area contributed by atoms with E-state index >= 15 is 0 Å². The molecule has 0 bridgehead atoms. The van der Waals surface area contributed by atoms with Gasteiger partial charge in [0, 0.05) is 18.2 Å². The Bertz CT molecular complexity index is 625. The van der Waals surface area contributed by atoms with Gasteiger partial charge in [-0.3, -0.25) is 4.99 Å². The molecule has 1 atom stereocenters. The van der Waals surface area contributed by atoms with Gasteiger partial charge in [0.15, 0.2) is 5.82 Å². The third-order valence-corrected chi connectivity index (χ3v) is 3.32. The first-order chi connectivity index (χ1) is 9.15. The largest absolute Gasteiger partial charge is 0.365 e. The van der Waals surface area contributed by atoms with Gasteiger partial charge in [0.1, 0.15) is 5.69 Å². The molecule has 0 radical (unpaired) electrons. The average molecular weight is 254 g/mol. The number of nitrogens with one attached hydrogen (secondary N) is 1. The lowest BCUT2D eigenvalue weighted by Gasteiger charge is -2.14. The first-order valence-corrected chi connectivity index (χ1v) is 6.61. The van der Waals surface area contributed by atoms with Gasteiger partial charge in [0.05, 0.1) is 11.4 Å². The van der Waals surface area contributed by atoms with Crippen LogP contribution in [0.3, 0.4) is 0 Å². The molecule has 4 heteroatoms. The van der Waals surface area contributed by atoms with Crippen LogP contribution in [0.1, 0.15) is 26.0 Å². The van der Waals surface area contributed by atoms with Gasteiger partial charge in [-0.15, -0.1) is 0 Å². The number of hydrogen-bond donors (Lipinski definition) is 1. The average Bonchev–Trinajstić information content (AvgIpc) is 2.59. The second-order valence-corrected chi connectivity index (χ2v) is 5.13. The molecule has 1 aliphatic heterocycles. The number of aliphatic imine (C=N–C) groups is 1. The molecule has 0 amide bonds. The number of anilines is 1. The molecule has 0 saturated carbocycles. The summed E-state index contributed by atoms with van der Waals surface area (Å²) in [5.41, 5.74) is 4.13. The highest BCUT2D eigenvalue weighted by Gasteiger charge is 2.21. The van der Waals surface area contributed by atoms with Crippen LogP contribution in [0.5, 0.6) is 0 Å². The molecule has 1 N–H and O–H groups in total. The van der Waals surface area contributed by atoms with Crippen molar-refractivity contribution < 1.29 is 0 Å². The van der Waals surface area contributed by atoms with Crippen molar-refractivity contribution in [1.82, 2.24) is 9.78 Å². The molecule has 1 unspecified atom stereocenters.